The number of para-hydroxylation sites is 1. The smallest absolute Gasteiger partial charge is 0.166 e. The molecule has 2 aromatic carbocycles. The zero-order valence-electron chi connectivity index (χ0n) is 14.2. The predicted octanol–water partition coefficient (Wildman–Crippen LogP) is 3.05. The largest absolute Gasteiger partial charge is 0.504 e. The van der Waals surface area contributed by atoms with Crippen LogP contribution in [0.5, 0.6) is 28.7 Å². The molecule has 6 nitrogen and oxygen atoms in total. The Morgan fingerprint density at radius 3 is 2.12 bits per heavy atom. The van der Waals surface area contributed by atoms with Crippen LogP contribution in [0.4, 0.5) is 0 Å². The molecule has 0 aliphatic heterocycles. The topological polar surface area (TPSA) is 69.5 Å². The number of nitrogens with zero attached hydrogens (tertiary/aromatic N) is 1. The average molecular weight is 331 g/mol. The van der Waals surface area contributed by atoms with E-state index in [1.165, 1.54) is 7.11 Å². The fourth-order valence-corrected chi connectivity index (χ4v) is 2.27. The zero-order chi connectivity index (χ0) is 17.5. The van der Waals surface area contributed by atoms with Crippen molar-refractivity contribution in [3.63, 3.8) is 0 Å². The van der Waals surface area contributed by atoms with Gasteiger partial charge in [-0.3, -0.25) is 4.99 Å². The Balaban J connectivity index is 2.25. The van der Waals surface area contributed by atoms with Crippen LogP contribution in [0, 0.1) is 0 Å². The molecular formula is C18H21NO5. The third kappa shape index (κ3) is 3.71. The number of rotatable bonds is 7. The van der Waals surface area contributed by atoms with Crippen LogP contribution in [0.2, 0.25) is 0 Å². The van der Waals surface area contributed by atoms with E-state index in [-0.39, 0.29) is 5.75 Å². The van der Waals surface area contributed by atoms with Crippen LogP contribution in [0.25, 0.3) is 0 Å². The van der Waals surface area contributed by atoms with Crippen LogP contribution in [0.3, 0.4) is 0 Å². The van der Waals surface area contributed by atoms with Gasteiger partial charge in [-0.15, -0.1) is 0 Å². The summed E-state index contributed by atoms with van der Waals surface area (Å²) < 4.78 is 21.0. The van der Waals surface area contributed by atoms with E-state index in [4.69, 9.17) is 18.9 Å². The van der Waals surface area contributed by atoms with E-state index >= 15 is 0 Å². The first-order chi connectivity index (χ1) is 11.6. The first-order valence-electron chi connectivity index (χ1n) is 7.29. The molecule has 6 heteroatoms. The highest BCUT2D eigenvalue weighted by Gasteiger charge is 2.11. The van der Waals surface area contributed by atoms with Crippen molar-refractivity contribution in [2.45, 2.75) is 6.54 Å². The van der Waals surface area contributed by atoms with E-state index in [1.807, 2.05) is 6.07 Å². The summed E-state index contributed by atoms with van der Waals surface area (Å²) in [5, 5.41) is 10.1. The molecule has 0 amide bonds. The number of aromatic hydroxyl groups is 1. The number of ether oxygens (including phenoxy) is 4. The third-order valence-corrected chi connectivity index (χ3v) is 3.53. The molecule has 0 aliphatic carbocycles. The van der Waals surface area contributed by atoms with Crippen molar-refractivity contribution in [3.05, 3.63) is 41.5 Å². The number of methoxy groups -OCH3 is 4. The van der Waals surface area contributed by atoms with Gasteiger partial charge in [-0.25, -0.2) is 0 Å². The summed E-state index contributed by atoms with van der Waals surface area (Å²) >= 11 is 0. The Morgan fingerprint density at radius 2 is 1.50 bits per heavy atom. The van der Waals surface area contributed by atoms with E-state index < -0.39 is 0 Å². The second-order valence-corrected chi connectivity index (χ2v) is 4.89. The number of hydrogen-bond acceptors (Lipinski definition) is 6. The highest BCUT2D eigenvalue weighted by atomic mass is 16.5. The molecule has 0 heterocycles. The van der Waals surface area contributed by atoms with Crippen LogP contribution in [0.1, 0.15) is 11.1 Å². The van der Waals surface area contributed by atoms with E-state index in [0.717, 1.165) is 5.56 Å². The summed E-state index contributed by atoms with van der Waals surface area (Å²) in [7, 11) is 6.24. The minimum atomic E-state index is 0.0584. The van der Waals surface area contributed by atoms with Crippen molar-refractivity contribution >= 4 is 6.21 Å². The molecule has 0 bridgehead atoms. The lowest BCUT2D eigenvalue weighted by molar-refractivity contribution is 0.347. The van der Waals surface area contributed by atoms with E-state index in [0.29, 0.717) is 35.1 Å². The molecule has 0 atom stereocenters. The highest BCUT2D eigenvalue weighted by Crippen LogP contribution is 2.35. The summed E-state index contributed by atoms with van der Waals surface area (Å²) in [4.78, 5) is 4.37. The Kier molecular flexibility index (Phi) is 5.89. The van der Waals surface area contributed by atoms with Crippen LogP contribution in [0.15, 0.2) is 35.3 Å². The molecule has 2 rings (SSSR count). The normalized spacial score (nSPS) is 10.7. The molecule has 1 N–H and O–H groups in total. The number of benzene rings is 2. The third-order valence-electron chi connectivity index (χ3n) is 3.53. The molecular weight excluding hydrogens is 310 g/mol. The van der Waals surface area contributed by atoms with Gasteiger partial charge in [0.05, 0.1) is 35.0 Å². The molecule has 0 fully saturated rings. The second kappa shape index (κ2) is 8.10. The maximum atomic E-state index is 10.1. The van der Waals surface area contributed by atoms with Crippen molar-refractivity contribution in [1.82, 2.24) is 0 Å². The minimum absolute atomic E-state index is 0.0584. The summed E-state index contributed by atoms with van der Waals surface area (Å²) in [6.45, 7) is 0.361. The van der Waals surface area contributed by atoms with Gasteiger partial charge in [0.15, 0.2) is 23.0 Å². The molecule has 24 heavy (non-hydrogen) atoms. The Hall–Kier alpha value is -2.89. The first-order valence-corrected chi connectivity index (χ1v) is 7.29. The van der Waals surface area contributed by atoms with E-state index in [1.54, 1.807) is 51.8 Å². The summed E-state index contributed by atoms with van der Waals surface area (Å²) in [5.74, 6) is 2.31. The van der Waals surface area contributed by atoms with Crippen molar-refractivity contribution in [3.8, 4) is 28.7 Å². The van der Waals surface area contributed by atoms with Crippen molar-refractivity contribution in [1.29, 1.82) is 0 Å². The van der Waals surface area contributed by atoms with E-state index in [9.17, 15) is 5.11 Å². The van der Waals surface area contributed by atoms with Gasteiger partial charge in [0.2, 0.25) is 0 Å². The molecule has 0 spiro atoms. The molecule has 0 aromatic heterocycles. The quantitative estimate of drug-likeness (QED) is 0.790. The van der Waals surface area contributed by atoms with Gasteiger partial charge in [0.1, 0.15) is 5.75 Å². The first kappa shape index (κ1) is 17.5. The van der Waals surface area contributed by atoms with Crippen molar-refractivity contribution in [2.75, 3.05) is 28.4 Å². The molecule has 0 radical (unpaired) electrons. The SMILES string of the molecule is COc1cc(OC)c(OC)cc1CN=Cc1cccc(OC)c1O. The number of hydrogen-bond donors (Lipinski definition) is 1. The molecule has 0 aliphatic rings. The highest BCUT2D eigenvalue weighted by molar-refractivity contribution is 5.84. The average Bonchev–Trinajstić information content (AvgIpc) is 2.62. The lowest BCUT2D eigenvalue weighted by Crippen LogP contribution is -1.97. The van der Waals surface area contributed by atoms with Crippen LogP contribution < -0.4 is 18.9 Å². The molecule has 0 saturated carbocycles. The van der Waals surface area contributed by atoms with Gasteiger partial charge in [-0.05, 0) is 18.2 Å². The monoisotopic (exact) mass is 331 g/mol. The van der Waals surface area contributed by atoms with Crippen molar-refractivity contribution in [2.24, 2.45) is 4.99 Å². The number of aliphatic imine (C=N–C) groups is 1. The molecule has 128 valence electrons. The summed E-state index contributed by atoms with van der Waals surface area (Å²) in [5.41, 5.74) is 1.42. The number of phenolic OH excluding ortho intramolecular Hbond substituents is 1. The van der Waals surface area contributed by atoms with Crippen molar-refractivity contribution < 1.29 is 24.1 Å². The fraction of sp³-hybridized carbons (Fsp3) is 0.278. The van der Waals surface area contributed by atoms with Crippen LogP contribution >= 0.6 is 0 Å². The Labute approximate surface area is 141 Å². The molecule has 2 aromatic rings. The maximum absolute atomic E-state index is 10.1. The molecule has 0 unspecified atom stereocenters. The van der Waals surface area contributed by atoms with Crippen LogP contribution in [-0.4, -0.2) is 39.8 Å². The van der Waals surface area contributed by atoms with Gasteiger partial charge in [-0.1, -0.05) is 6.07 Å². The van der Waals surface area contributed by atoms with Gasteiger partial charge in [-0.2, -0.15) is 0 Å². The zero-order valence-corrected chi connectivity index (χ0v) is 14.2. The Bertz CT molecular complexity index is 728. The van der Waals surface area contributed by atoms with E-state index in [2.05, 4.69) is 4.99 Å². The van der Waals surface area contributed by atoms with Gasteiger partial charge < -0.3 is 24.1 Å². The number of phenols is 1. The van der Waals surface area contributed by atoms with Gasteiger partial charge in [0.25, 0.3) is 0 Å². The maximum Gasteiger partial charge on any atom is 0.166 e. The summed E-state index contributed by atoms with van der Waals surface area (Å²) in [6, 6.07) is 8.81. The van der Waals surface area contributed by atoms with Crippen LogP contribution in [-0.2, 0) is 6.54 Å². The minimum Gasteiger partial charge on any atom is -0.504 e. The standard InChI is InChI=1S/C18H21NO5/c1-21-14-7-5-6-12(18(14)20)10-19-11-13-8-16(23-3)17(24-4)9-15(13)22-2/h5-10,20H,11H2,1-4H3. The Morgan fingerprint density at radius 1 is 0.875 bits per heavy atom. The fourth-order valence-electron chi connectivity index (χ4n) is 2.27. The second-order valence-electron chi connectivity index (χ2n) is 4.89. The lowest BCUT2D eigenvalue weighted by Gasteiger charge is -2.13. The van der Waals surface area contributed by atoms with Gasteiger partial charge >= 0.3 is 0 Å². The molecule has 0 saturated heterocycles. The predicted molar refractivity (Wildman–Crippen MR) is 92.1 cm³/mol. The summed E-state index contributed by atoms with van der Waals surface area (Å²) in [6.07, 6.45) is 1.59. The lowest BCUT2D eigenvalue weighted by atomic mass is 10.1. The van der Waals surface area contributed by atoms with Gasteiger partial charge in [0, 0.05) is 23.4 Å².